The Labute approximate surface area is 197 Å². The summed E-state index contributed by atoms with van der Waals surface area (Å²) in [5, 5.41) is 3.55. The molecule has 0 radical (unpaired) electrons. The van der Waals surface area contributed by atoms with E-state index >= 15 is 0 Å². The lowest BCUT2D eigenvalue weighted by molar-refractivity contribution is 0.372. The van der Waals surface area contributed by atoms with Crippen LogP contribution in [0.3, 0.4) is 0 Å². The number of halogens is 1. The lowest BCUT2D eigenvalue weighted by Gasteiger charge is -2.37. The Kier molecular flexibility index (Phi) is 8.60. The average Bonchev–Trinajstić information content (AvgIpc) is 2.81. The van der Waals surface area contributed by atoms with Crippen LogP contribution in [0.5, 0.6) is 0 Å². The number of piperidine rings is 1. The van der Waals surface area contributed by atoms with Gasteiger partial charge in [0.1, 0.15) is 5.82 Å². The number of aliphatic imine (C=N–C) groups is 1. The second kappa shape index (κ2) is 11.4. The standard InChI is InChI=1S/C23H32N6.HI/c1-24-23(29-16-14-27(15-17-29)21-8-4-2-5-9-21)26-19-20-10-11-25-22(18-20)28-12-6-3-7-13-28;/h2,4-5,8-11,18H,3,6-7,12-17,19H2,1H3,(H,24,26);1H. The predicted octanol–water partition coefficient (Wildman–Crippen LogP) is 3.59. The van der Waals surface area contributed by atoms with Crippen molar-refractivity contribution in [3.63, 3.8) is 0 Å². The molecular weight excluding hydrogens is 487 g/mol. The Morgan fingerprint density at radius 2 is 1.67 bits per heavy atom. The smallest absolute Gasteiger partial charge is 0.194 e. The van der Waals surface area contributed by atoms with Crippen molar-refractivity contribution in [2.45, 2.75) is 25.8 Å². The number of anilines is 2. The maximum absolute atomic E-state index is 4.59. The number of nitrogens with one attached hydrogen (secondary N) is 1. The van der Waals surface area contributed by atoms with Crippen molar-refractivity contribution in [3.8, 4) is 0 Å². The second-order valence-electron chi connectivity index (χ2n) is 7.78. The van der Waals surface area contributed by atoms with Crippen molar-refractivity contribution in [3.05, 3.63) is 54.2 Å². The molecule has 30 heavy (non-hydrogen) atoms. The van der Waals surface area contributed by atoms with Crippen LogP contribution in [0.2, 0.25) is 0 Å². The summed E-state index contributed by atoms with van der Waals surface area (Å²) < 4.78 is 0. The Hall–Kier alpha value is -2.03. The van der Waals surface area contributed by atoms with Gasteiger partial charge in [-0.05, 0) is 49.1 Å². The molecule has 2 aliphatic rings. The van der Waals surface area contributed by atoms with Gasteiger partial charge in [0.25, 0.3) is 0 Å². The summed E-state index contributed by atoms with van der Waals surface area (Å²) >= 11 is 0. The summed E-state index contributed by atoms with van der Waals surface area (Å²) in [5.41, 5.74) is 2.56. The number of piperazine rings is 1. The molecule has 3 heterocycles. The fourth-order valence-electron chi connectivity index (χ4n) is 4.20. The van der Waals surface area contributed by atoms with Crippen LogP contribution in [0.4, 0.5) is 11.5 Å². The average molecular weight is 520 g/mol. The summed E-state index contributed by atoms with van der Waals surface area (Å²) in [6.45, 7) is 7.00. The second-order valence-corrected chi connectivity index (χ2v) is 7.78. The Balaban J connectivity index is 0.00000256. The van der Waals surface area contributed by atoms with Crippen molar-refractivity contribution in [2.24, 2.45) is 4.99 Å². The van der Waals surface area contributed by atoms with Crippen molar-refractivity contribution in [1.29, 1.82) is 0 Å². The Morgan fingerprint density at radius 3 is 2.37 bits per heavy atom. The van der Waals surface area contributed by atoms with Gasteiger partial charge in [0, 0.05) is 64.7 Å². The summed E-state index contributed by atoms with van der Waals surface area (Å²) in [4.78, 5) is 16.3. The zero-order valence-corrected chi connectivity index (χ0v) is 20.2. The van der Waals surface area contributed by atoms with Gasteiger partial charge in [-0.3, -0.25) is 4.99 Å². The van der Waals surface area contributed by atoms with Gasteiger partial charge in [0.15, 0.2) is 5.96 Å². The fraction of sp³-hybridized carbons (Fsp3) is 0.478. The molecule has 2 fully saturated rings. The van der Waals surface area contributed by atoms with Gasteiger partial charge in [0.05, 0.1) is 0 Å². The summed E-state index contributed by atoms with van der Waals surface area (Å²) in [6, 6.07) is 15.0. The third kappa shape index (κ3) is 5.77. The number of hydrogen-bond donors (Lipinski definition) is 1. The van der Waals surface area contributed by atoms with Crippen LogP contribution in [0.25, 0.3) is 0 Å². The molecule has 2 saturated heterocycles. The lowest BCUT2D eigenvalue weighted by atomic mass is 10.1. The number of aromatic nitrogens is 1. The molecule has 4 rings (SSSR count). The minimum Gasteiger partial charge on any atom is -0.368 e. The van der Waals surface area contributed by atoms with E-state index in [-0.39, 0.29) is 24.0 Å². The van der Waals surface area contributed by atoms with Crippen LogP contribution in [-0.4, -0.2) is 62.2 Å². The van der Waals surface area contributed by atoms with Crippen LogP contribution in [-0.2, 0) is 6.54 Å². The molecule has 2 aromatic rings. The van der Waals surface area contributed by atoms with E-state index in [4.69, 9.17) is 0 Å². The van der Waals surface area contributed by atoms with Crippen molar-refractivity contribution >= 4 is 41.4 Å². The molecule has 0 atom stereocenters. The molecule has 0 unspecified atom stereocenters. The highest BCUT2D eigenvalue weighted by Crippen LogP contribution is 2.19. The molecule has 2 aliphatic heterocycles. The largest absolute Gasteiger partial charge is 0.368 e. The van der Waals surface area contributed by atoms with Crippen LogP contribution in [0.15, 0.2) is 53.7 Å². The number of hydrogen-bond acceptors (Lipinski definition) is 4. The van der Waals surface area contributed by atoms with Crippen molar-refractivity contribution in [2.75, 3.05) is 56.1 Å². The summed E-state index contributed by atoms with van der Waals surface area (Å²) in [7, 11) is 1.87. The molecule has 0 bridgehead atoms. The van der Waals surface area contributed by atoms with E-state index in [1.54, 1.807) is 0 Å². The summed E-state index contributed by atoms with van der Waals surface area (Å²) in [5.74, 6) is 2.09. The van der Waals surface area contributed by atoms with Gasteiger partial charge in [-0.25, -0.2) is 4.98 Å². The van der Waals surface area contributed by atoms with E-state index in [9.17, 15) is 0 Å². The number of para-hydroxylation sites is 1. The number of benzene rings is 1. The maximum atomic E-state index is 4.59. The lowest BCUT2D eigenvalue weighted by Crippen LogP contribution is -2.52. The Morgan fingerprint density at radius 1 is 0.933 bits per heavy atom. The van der Waals surface area contributed by atoms with E-state index in [0.717, 1.165) is 57.6 Å². The molecule has 0 aliphatic carbocycles. The third-order valence-corrected chi connectivity index (χ3v) is 5.85. The first-order valence-electron chi connectivity index (χ1n) is 10.8. The number of guanidine groups is 1. The van der Waals surface area contributed by atoms with E-state index in [1.807, 2.05) is 13.2 Å². The molecule has 7 heteroatoms. The van der Waals surface area contributed by atoms with Gasteiger partial charge in [0.2, 0.25) is 0 Å². The van der Waals surface area contributed by atoms with Crippen molar-refractivity contribution < 1.29 is 0 Å². The number of nitrogens with zero attached hydrogens (tertiary/aromatic N) is 5. The molecule has 162 valence electrons. The monoisotopic (exact) mass is 520 g/mol. The molecule has 1 aromatic carbocycles. The highest BCUT2D eigenvalue weighted by atomic mass is 127. The molecule has 0 amide bonds. The molecule has 0 saturated carbocycles. The Bertz CT molecular complexity index is 798. The van der Waals surface area contributed by atoms with Gasteiger partial charge in [-0.1, -0.05) is 18.2 Å². The van der Waals surface area contributed by atoms with Gasteiger partial charge >= 0.3 is 0 Å². The van der Waals surface area contributed by atoms with E-state index in [0.29, 0.717) is 0 Å². The zero-order chi connectivity index (χ0) is 19.9. The molecule has 1 N–H and O–H groups in total. The van der Waals surface area contributed by atoms with Crippen LogP contribution in [0.1, 0.15) is 24.8 Å². The van der Waals surface area contributed by atoms with Gasteiger partial charge in [-0.15, -0.1) is 24.0 Å². The fourth-order valence-corrected chi connectivity index (χ4v) is 4.20. The van der Waals surface area contributed by atoms with Crippen LogP contribution in [0, 0.1) is 0 Å². The quantitative estimate of drug-likeness (QED) is 0.380. The normalized spacial score (nSPS) is 17.5. The molecule has 1 aromatic heterocycles. The first-order valence-corrected chi connectivity index (χ1v) is 10.8. The van der Waals surface area contributed by atoms with Crippen molar-refractivity contribution in [1.82, 2.24) is 15.2 Å². The highest BCUT2D eigenvalue weighted by molar-refractivity contribution is 14.0. The maximum Gasteiger partial charge on any atom is 0.194 e. The third-order valence-electron chi connectivity index (χ3n) is 5.85. The number of rotatable bonds is 4. The van der Waals surface area contributed by atoms with Crippen LogP contribution >= 0.6 is 24.0 Å². The van der Waals surface area contributed by atoms with Gasteiger partial charge < -0.3 is 20.0 Å². The zero-order valence-electron chi connectivity index (χ0n) is 17.8. The minimum absolute atomic E-state index is 0. The first kappa shape index (κ1) is 22.7. The molecular formula is C23H33IN6. The predicted molar refractivity (Wildman–Crippen MR) is 136 cm³/mol. The highest BCUT2D eigenvalue weighted by Gasteiger charge is 2.20. The van der Waals surface area contributed by atoms with Gasteiger partial charge in [-0.2, -0.15) is 0 Å². The minimum atomic E-state index is 0. The first-order chi connectivity index (χ1) is 14.3. The number of pyridine rings is 1. The SMILES string of the molecule is CN=C(NCc1ccnc(N2CCCCC2)c1)N1CCN(c2ccccc2)CC1.I. The van der Waals surface area contributed by atoms with Crippen LogP contribution < -0.4 is 15.1 Å². The molecule has 6 nitrogen and oxygen atoms in total. The topological polar surface area (TPSA) is 47.0 Å². The van der Waals surface area contributed by atoms with E-state index in [1.165, 1.54) is 30.5 Å². The van der Waals surface area contributed by atoms with E-state index in [2.05, 4.69) is 72.5 Å². The van der Waals surface area contributed by atoms with E-state index < -0.39 is 0 Å². The summed E-state index contributed by atoms with van der Waals surface area (Å²) in [6.07, 6.45) is 5.81. The molecule has 0 spiro atoms.